The van der Waals surface area contributed by atoms with Gasteiger partial charge in [0.2, 0.25) is 26.0 Å². The van der Waals surface area contributed by atoms with Crippen LogP contribution in [0.4, 0.5) is 0 Å². The molecule has 0 aliphatic carbocycles. The first-order valence-corrected chi connectivity index (χ1v) is 13.9. The lowest BCUT2D eigenvalue weighted by Crippen LogP contribution is -2.44. The van der Waals surface area contributed by atoms with Crippen molar-refractivity contribution in [2.45, 2.75) is 64.0 Å². The Labute approximate surface area is 169 Å². The highest BCUT2D eigenvalue weighted by molar-refractivity contribution is 7.89. The van der Waals surface area contributed by atoms with E-state index in [0.29, 0.717) is 32.2 Å². The smallest absolute Gasteiger partial charge is 0.241 e. The highest BCUT2D eigenvalue weighted by Crippen LogP contribution is 2.41. The largest absolute Gasteiger partial charge is 0.303 e. The van der Waals surface area contributed by atoms with Gasteiger partial charge in [0.1, 0.15) is 0 Å². The second-order valence-corrected chi connectivity index (χ2v) is 12.2. The van der Waals surface area contributed by atoms with Gasteiger partial charge in [-0.1, -0.05) is 19.8 Å². The van der Waals surface area contributed by atoms with Crippen molar-refractivity contribution in [2.24, 2.45) is 5.92 Å². The van der Waals surface area contributed by atoms with E-state index >= 15 is 0 Å². The Kier molecular flexibility index (Phi) is 6.73. The average Bonchev–Trinajstić information content (AvgIpc) is 3.14. The fourth-order valence-electron chi connectivity index (χ4n) is 5.08. The van der Waals surface area contributed by atoms with Crippen LogP contribution in [0.15, 0.2) is 0 Å². The minimum absolute atomic E-state index is 0.0542. The van der Waals surface area contributed by atoms with Crippen molar-refractivity contribution in [3.63, 3.8) is 0 Å². The van der Waals surface area contributed by atoms with Crippen LogP contribution in [-0.2, 0) is 24.8 Å². The third-order valence-electron chi connectivity index (χ3n) is 6.26. The Morgan fingerprint density at radius 3 is 2.32 bits per heavy atom. The molecule has 0 aromatic heterocycles. The number of fused-ring (bicyclic) bond motifs is 1. The number of carbonyl (C=O) groups is 1. The molecule has 28 heavy (non-hydrogen) atoms. The first-order chi connectivity index (χ1) is 13.2. The maximum absolute atomic E-state index is 13.1. The summed E-state index contributed by atoms with van der Waals surface area (Å²) in [5.74, 6) is -0.949. The standard InChI is InChI=1S/C18H33N3O5S2/c1-3-8-15-17-16(21(18(15)22)27(2,23)24)9-13-20(17)28(25,26)14-7-12-19-10-5-4-6-11-19/h15-17H,3-14H2,1-2H3/t15-,16+,17-/m1/s1. The zero-order valence-corrected chi connectivity index (χ0v) is 18.5. The van der Waals surface area contributed by atoms with Gasteiger partial charge in [-0.15, -0.1) is 0 Å². The van der Waals surface area contributed by atoms with Crippen LogP contribution in [0, 0.1) is 5.92 Å². The van der Waals surface area contributed by atoms with E-state index in [4.69, 9.17) is 0 Å². The molecule has 0 radical (unpaired) electrons. The van der Waals surface area contributed by atoms with Crippen molar-refractivity contribution < 1.29 is 21.6 Å². The SMILES string of the molecule is CCC[C@H]1C(=O)N(S(C)(=O)=O)[C@H]2CCN(S(=O)(=O)CCCN3CCCCC3)[C@H]12. The van der Waals surface area contributed by atoms with E-state index in [9.17, 15) is 21.6 Å². The first-order valence-electron chi connectivity index (χ1n) is 10.4. The fraction of sp³-hybridized carbons (Fsp3) is 0.944. The maximum Gasteiger partial charge on any atom is 0.241 e. The number of amides is 1. The van der Waals surface area contributed by atoms with E-state index in [1.807, 2.05) is 6.92 Å². The van der Waals surface area contributed by atoms with Crippen molar-refractivity contribution in [2.75, 3.05) is 38.2 Å². The zero-order chi connectivity index (χ0) is 20.5. The van der Waals surface area contributed by atoms with Gasteiger partial charge >= 0.3 is 0 Å². The van der Waals surface area contributed by atoms with Crippen LogP contribution in [-0.4, -0.2) is 86.5 Å². The molecule has 0 aromatic rings. The predicted molar refractivity (Wildman–Crippen MR) is 108 cm³/mol. The average molecular weight is 436 g/mol. The number of nitrogens with zero attached hydrogens (tertiary/aromatic N) is 3. The number of hydrogen-bond acceptors (Lipinski definition) is 6. The van der Waals surface area contributed by atoms with Gasteiger partial charge in [0.05, 0.1) is 30.0 Å². The summed E-state index contributed by atoms with van der Waals surface area (Å²) < 4.78 is 52.9. The molecule has 0 spiro atoms. The molecule has 3 saturated heterocycles. The molecule has 0 aromatic carbocycles. The molecule has 0 N–H and O–H groups in total. The molecule has 3 atom stereocenters. The molecule has 0 bridgehead atoms. The van der Waals surface area contributed by atoms with Crippen LogP contribution >= 0.6 is 0 Å². The summed E-state index contributed by atoms with van der Waals surface area (Å²) in [6.45, 7) is 5.06. The van der Waals surface area contributed by atoms with Gasteiger partial charge in [-0.05, 0) is 51.7 Å². The van der Waals surface area contributed by atoms with Gasteiger partial charge in [0.25, 0.3) is 0 Å². The van der Waals surface area contributed by atoms with E-state index in [2.05, 4.69) is 4.90 Å². The van der Waals surface area contributed by atoms with Crippen molar-refractivity contribution >= 4 is 26.0 Å². The molecular weight excluding hydrogens is 402 g/mol. The van der Waals surface area contributed by atoms with Crippen molar-refractivity contribution in [3.8, 4) is 0 Å². The molecule has 3 aliphatic rings. The lowest BCUT2D eigenvalue weighted by molar-refractivity contribution is -0.128. The molecule has 3 fully saturated rings. The van der Waals surface area contributed by atoms with Gasteiger partial charge in [0, 0.05) is 6.54 Å². The molecule has 1 amide bonds. The van der Waals surface area contributed by atoms with Crippen LogP contribution in [0.2, 0.25) is 0 Å². The van der Waals surface area contributed by atoms with Gasteiger partial charge in [-0.3, -0.25) is 4.79 Å². The Morgan fingerprint density at radius 2 is 1.71 bits per heavy atom. The van der Waals surface area contributed by atoms with Gasteiger partial charge in [-0.2, -0.15) is 4.31 Å². The van der Waals surface area contributed by atoms with E-state index in [1.165, 1.54) is 23.6 Å². The van der Waals surface area contributed by atoms with Crippen LogP contribution in [0.1, 0.15) is 51.9 Å². The number of hydrogen-bond donors (Lipinski definition) is 0. The van der Waals surface area contributed by atoms with E-state index < -0.39 is 44.0 Å². The highest BCUT2D eigenvalue weighted by Gasteiger charge is 2.58. The Hall–Kier alpha value is -0.710. The van der Waals surface area contributed by atoms with E-state index in [1.54, 1.807) is 0 Å². The molecule has 3 rings (SSSR count). The number of piperidine rings is 1. The summed E-state index contributed by atoms with van der Waals surface area (Å²) in [4.78, 5) is 15.1. The number of likely N-dealkylation sites (tertiary alicyclic amines) is 1. The number of carbonyl (C=O) groups excluding carboxylic acids is 1. The van der Waals surface area contributed by atoms with Crippen molar-refractivity contribution in [1.29, 1.82) is 0 Å². The van der Waals surface area contributed by atoms with E-state index in [-0.39, 0.29) is 5.75 Å². The first kappa shape index (κ1) is 22.0. The monoisotopic (exact) mass is 435 g/mol. The molecule has 162 valence electrons. The van der Waals surface area contributed by atoms with Crippen molar-refractivity contribution in [1.82, 2.24) is 13.5 Å². The third-order valence-corrected chi connectivity index (χ3v) is 9.37. The molecule has 3 aliphatic heterocycles. The summed E-state index contributed by atoms with van der Waals surface area (Å²) in [7, 11) is -7.23. The lowest BCUT2D eigenvalue weighted by Gasteiger charge is -2.28. The summed E-state index contributed by atoms with van der Waals surface area (Å²) in [6, 6.07) is -1.11. The summed E-state index contributed by atoms with van der Waals surface area (Å²) in [5, 5.41) is 0. The molecule has 8 nitrogen and oxygen atoms in total. The van der Waals surface area contributed by atoms with Gasteiger partial charge < -0.3 is 4.90 Å². The van der Waals surface area contributed by atoms with Crippen LogP contribution in [0.5, 0.6) is 0 Å². The second kappa shape index (κ2) is 8.57. The number of sulfonamides is 2. The Bertz CT molecular complexity index is 777. The second-order valence-electron chi connectivity index (χ2n) is 8.32. The summed E-state index contributed by atoms with van der Waals surface area (Å²) >= 11 is 0. The van der Waals surface area contributed by atoms with Crippen LogP contribution < -0.4 is 0 Å². The van der Waals surface area contributed by atoms with Crippen molar-refractivity contribution in [3.05, 3.63) is 0 Å². The van der Waals surface area contributed by atoms with Gasteiger partial charge in [0.15, 0.2) is 0 Å². The minimum atomic E-state index is -3.70. The molecular formula is C18H33N3O5S2. The fourth-order valence-corrected chi connectivity index (χ4v) is 8.03. The third kappa shape index (κ3) is 4.39. The Morgan fingerprint density at radius 1 is 1.04 bits per heavy atom. The zero-order valence-electron chi connectivity index (χ0n) is 16.9. The quantitative estimate of drug-likeness (QED) is 0.561. The van der Waals surface area contributed by atoms with Crippen LogP contribution in [0.3, 0.4) is 0 Å². The summed E-state index contributed by atoms with van der Waals surface area (Å²) in [6.07, 6.45) is 6.79. The molecule has 0 saturated carbocycles. The topological polar surface area (TPSA) is 95.1 Å². The Balaban J connectivity index is 1.72. The highest BCUT2D eigenvalue weighted by atomic mass is 32.2. The molecule has 0 unspecified atom stereocenters. The van der Waals surface area contributed by atoms with Gasteiger partial charge in [-0.25, -0.2) is 21.1 Å². The maximum atomic E-state index is 13.1. The summed E-state index contributed by atoms with van der Waals surface area (Å²) in [5.41, 5.74) is 0. The molecule has 10 heteroatoms. The predicted octanol–water partition coefficient (Wildman–Crippen LogP) is 0.853. The normalized spacial score (nSPS) is 30.1. The van der Waals surface area contributed by atoms with E-state index in [0.717, 1.165) is 30.2 Å². The number of rotatable bonds is 8. The molecule has 3 heterocycles. The van der Waals surface area contributed by atoms with Crippen LogP contribution in [0.25, 0.3) is 0 Å². The lowest BCUT2D eigenvalue weighted by atomic mass is 9.95. The minimum Gasteiger partial charge on any atom is -0.303 e.